The Labute approximate surface area is 210 Å². The molecule has 1 unspecified atom stereocenters. The number of nitrogens with one attached hydrogen (secondary N) is 1. The second-order valence-electron chi connectivity index (χ2n) is 8.71. The van der Waals surface area contributed by atoms with Crippen LogP contribution in [0.4, 0.5) is 19.0 Å². The number of halogens is 3. The third-order valence-corrected chi connectivity index (χ3v) is 7.15. The number of thiophene rings is 1. The molecule has 3 heterocycles. The molecule has 1 saturated heterocycles. The van der Waals surface area contributed by atoms with E-state index in [9.17, 15) is 18.3 Å². The van der Waals surface area contributed by atoms with Crippen LogP contribution in [0.1, 0.15) is 12.8 Å². The van der Waals surface area contributed by atoms with Crippen molar-refractivity contribution in [3.63, 3.8) is 0 Å². The summed E-state index contributed by atoms with van der Waals surface area (Å²) in [6.07, 6.45) is 2.31. The van der Waals surface area contributed by atoms with Gasteiger partial charge in [-0.3, -0.25) is 0 Å². The van der Waals surface area contributed by atoms with Gasteiger partial charge in [-0.1, -0.05) is 12.1 Å². The number of aliphatic hydroxyl groups excluding tert-OH is 1. The summed E-state index contributed by atoms with van der Waals surface area (Å²) in [6, 6.07) is 9.69. The molecular weight excluding hydrogens is 489 g/mol. The van der Waals surface area contributed by atoms with E-state index in [1.807, 2.05) is 5.38 Å². The number of benzene rings is 2. The lowest BCUT2D eigenvalue weighted by Crippen LogP contribution is -2.47. The predicted molar refractivity (Wildman–Crippen MR) is 134 cm³/mol. The maximum absolute atomic E-state index is 13.6. The highest BCUT2D eigenvalue weighted by molar-refractivity contribution is 7.17. The Balaban J connectivity index is 1.45. The van der Waals surface area contributed by atoms with Crippen molar-refractivity contribution in [1.29, 1.82) is 0 Å². The number of nitrogens with zero attached hydrogens (tertiary/aromatic N) is 3. The Bertz CT molecular complexity index is 1330. The molecule has 36 heavy (non-hydrogen) atoms. The summed E-state index contributed by atoms with van der Waals surface area (Å²) < 4.78 is 45.8. The molecular formula is C26H25F3N4O2S. The Morgan fingerprint density at radius 3 is 2.58 bits per heavy atom. The monoisotopic (exact) mass is 514 g/mol. The van der Waals surface area contributed by atoms with Crippen LogP contribution in [0.25, 0.3) is 21.3 Å². The molecule has 1 aliphatic rings. The third kappa shape index (κ3) is 5.30. The molecule has 188 valence electrons. The Kier molecular flexibility index (Phi) is 7.35. The summed E-state index contributed by atoms with van der Waals surface area (Å²) in [7, 11) is 0. The zero-order chi connectivity index (χ0) is 25.1. The highest BCUT2D eigenvalue weighted by Crippen LogP contribution is 2.39. The third-order valence-electron chi connectivity index (χ3n) is 6.27. The van der Waals surface area contributed by atoms with E-state index in [0.717, 1.165) is 59.4 Å². The average Bonchev–Trinajstić information content (AvgIpc) is 3.33. The second-order valence-corrected chi connectivity index (χ2v) is 9.57. The fraction of sp³-hybridized carbons (Fsp3) is 0.308. The molecule has 2 aromatic heterocycles. The topological polar surface area (TPSA) is 70.5 Å². The molecule has 0 radical (unpaired) electrons. The number of ether oxygens (including phenoxy) is 1. The van der Waals surface area contributed by atoms with Gasteiger partial charge >= 0.3 is 0 Å². The highest BCUT2D eigenvalue weighted by atomic mass is 32.1. The van der Waals surface area contributed by atoms with Gasteiger partial charge in [-0.2, -0.15) is 0 Å². The SMILES string of the molecule is OC(COc1ccc(F)c(F)c1)CN(c1ncnc2scc(-c3ccc(F)cc3)c12)C1CCNCC1. The van der Waals surface area contributed by atoms with Crippen LogP contribution in [0, 0.1) is 17.5 Å². The van der Waals surface area contributed by atoms with E-state index in [4.69, 9.17) is 4.74 Å². The number of piperidine rings is 1. The predicted octanol–water partition coefficient (Wildman–Crippen LogP) is 4.77. The van der Waals surface area contributed by atoms with E-state index in [1.165, 1.54) is 35.9 Å². The van der Waals surface area contributed by atoms with Crippen LogP contribution >= 0.6 is 11.3 Å². The highest BCUT2D eigenvalue weighted by Gasteiger charge is 2.28. The van der Waals surface area contributed by atoms with Gasteiger partial charge in [0.1, 0.15) is 41.3 Å². The van der Waals surface area contributed by atoms with Gasteiger partial charge in [0, 0.05) is 29.6 Å². The molecule has 1 fully saturated rings. The van der Waals surface area contributed by atoms with Gasteiger partial charge < -0.3 is 20.1 Å². The number of hydrogen-bond acceptors (Lipinski definition) is 7. The second kappa shape index (κ2) is 10.8. The lowest BCUT2D eigenvalue weighted by atomic mass is 10.0. The molecule has 0 bridgehead atoms. The molecule has 4 aromatic rings. The number of hydrogen-bond donors (Lipinski definition) is 2. The van der Waals surface area contributed by atoms with E-state index in [-0.39, 0.29) is 30.8 Å². The molecule has 0 amide bonds. The smallest absolute Gasteiger partial charge is 0.162 e. The lowest BCUT2D eigenvalue weighted by molar-refractivity contribution is 0.109. The van der Waals surface area contributed by atoms with Crippen molar-refractivity contribution < 1.29 is 23.0 Å². The van der Waals surface area contributed by atoms with Crippen LogP contribution in [0.2, 0.25) is 0 Å². The van der Waals surface area contributed by atoms with Crippen molar-refractivity contribution in [3.05, 3.63) is 71.6 Å². The quantitative estimate of drug-likeness (QED) is 0.353. The van der Waals surface area contributed by atoms with E-state index >= 15 is 0 Å². The van der Waals surface area contributed by atoms with Gasteiger partial charge in [0.05, 0.1) is 5.39 Å². The largest absolute Gasteiger partial charge is 0.491 e. The minimum absolute atomic E-state index is 0.102. The summed E-state index contributed by atoms with van der Waals surface area (Å²) in [5, 5.41) is 17.1. The van der Waals surface area contributed by atoms with E-state index in [0.29, 0.717) is 5.82 Å². The normalized spacial score (nSPS) is 15.2. The first-order chi connectivity index (χ1) is 17.5. The van der Waals surface area contributed by atoms with Crippen LogP contribution in [-0.4, -0.2) is 53.5 Å². The van der Waals surface area contributed by atoms with Gasteiger partial charge in [0.2, 0.25) is 0 Å². The van der Waals surface area contributed by atoms with E-state index in [2.05, 4.69) is 20.2 Å². The van der Waals surface area contributed by atoms with Gasteiger partial charge in [0.15, 0.2) is 11.6 Å². The molecule has 5 rings (SSSR count). The van der Waals surface area contributed by atoms with Crippen LogP contribution in [-0.2, 0) is 0 Å². The fourth-order valence-electron chi connectivity index (χ4n) is 4.48. The van der Waals surface area contributed by atoms with Gasteiger partial charge in [0.25, 0.3) is 0 Å². The summed E-state index contributed by atoms with van der Waals surface area (Å²) in [5.41, 5.74) is 1.75. The first-order valence-electron chi connectivity index (χ1n) is 11.7. The minimum atomic E-state index is -1.01. The molecule has 0 spiro atoms. The van der Waals surface area contributed by atoms with E-state index in [1.54, 1.807) is 12.1 Å². The summed E-state index contributed by atoms with van der Waals surface area (Å²) >= 11 is 1.48. The van der Waals surface area contributed by atoms with Crippen LogP contribution in [0.5, 0.6) is 5.75 Å². The number of aliphatic hydroxyl groups is 1. The summed E-state index contributed by atoms with van der Waals surface area (Å²) in [4.78, 5) is 12.0. The summed E-state index contributed by atoms with van der Waals surface area (Å²) in [6.45, 7) is 1.80. The van der Waals surface area contributed by atoms with Crippen LogP contribution in [0.15, 0.2) is 54.2 Å². The van der Waals surface area contributed by atoms with Crippen molar-refractivity contribution in [2.75, 3.05) is 31.1 Å². The molecule has 1 atom stereocenters. The van der Waals surface area contributed by atoms with Crippen molar-refractivity contribution in [1.82, 2.24) is 15.3 Å². The van der Waals surface area contributed by atoms with Crippen LogP contribution in [0.3, 0.4) is 0 Å². The van der Waals surface area contributed by atoms with Gasteiger partial charge in [-0.15, -0.1) is 11.3 Å². The zero-order valence-corrected chi connectivity index (χ0v) is 20.1. The van der Waals surface area contributed by atoms with Crippen LogP contribution < -0.4 is 15.0 Å². The molecule has 2 aromatic carbocycles. The molecule has 2 N–H and O–H groups in total. The molecule has 1 aliphatic heterocycles. The number of anilines is 1. The maximum atomic E-state index is 13.6. The van der Waals surface area contributed by atoms with Gasteiger partial charge in [-0.25, -0.2) is 23.1 Å². The molecule has 0 saturated carbocycles. The van der Waals surface area contributed by atoms with Gasteiger partial charge in [-0.05, 0) is 55.8 Å². The minimum Gasteiger partial charge on any atom is -0.491 e. The molecule has 10 heteroatoms. The molecule has 6 nitrogen and oxygen atoms in total. The standard InChI is InChI=1S/C26H25F3N4O2S/c27-17-3-1-16(2-4-17)21-14-36-26-24(21)25(31-15-32-26)33(18-7-9-30-10-8-18)12-19(34)13-35-20-5-6-22(28)23(29)11-20/h1-6,11,14-15,18-19,30,34H,7-10,12-13H2. The number of fused-ring (bicyclic) bond motifs is 1. The first kappa shape index (κ1) is 24.5. The fourth-order valence-corrected chi connectivity index (χ4v) is 5.40. The number of rotatable bonds is 8. The van der Waals surface area contributed by atoms with Crippen molar-refractivity contribution in [2.45, 2.75) is 25.0 Å². The Morgan fingerprint density at radius 2 is 1.83 bits per heavy atom. The maximum Gasteiger partial charge on any atom is 0.162 e. The Morgan fingerprint density at radius 1 is 1.06 bits per heavy atom. The van der Waals surface area contributed by atoms with Crippen molar-refractivity contribution in [2.24, 2.45) is 0 Å². The average molecular weight is 515 g/mol. The van der Waals surface area contributed by atoms with E-state index < -0.39 is 17.7 Å². The lowest BCUT2D eigenvalue weighted by Gasteiger charge is -2.37. The Hall–Kier alpha value is -3.21. The molecule has 0 aliphatic carbocycles. The zero-order valence-electron chi connectivity index (χ0n) is 19.3. The number of aromatic nitrogens is 2. The van der Waals surface area contributed by atoms with Crippen molar-refractivity contribution in [3.8, 4) is 16.9 Å². The first-order valence-corrected chi connectivity index (χ1v) is 12.6. The van der Waals surface area contributed by atoms with Crippen molar-refractivity contribution >= 4 is 27.4 Å². The summed E-state index contributed by atoms with van der Waals surface area (Å²) in [5.74, 6) is -1.44.